The smallest absolute Gasteiger partial charge is 0.260 e. The number of carbonyl (C=O) groups is 1. The molecular formula is C19H21ClN2O4S. The van der Waals surface area contributed by atoms with Crippen molar-refractivity contribution in [3.05, 3.63) is 59.1 Å². The van der Waals surface area contributed by atoms with E-state index in [4.69, 9.17) is 16.3 Å². The Kier molecular flexibility index (Phi) is 6.04. The summed E-state index contributed by atoms with van der Waals surface area (Å²) in [6, 6.07) is 13.7. The van der Waals surface area contributed by atoms with E-state index in [1.165, 1.54) is 16.4 Å². The van der Waals surface area contributed by atoms with Crippen molar-refractivity contribution in [1.82, 2.24) is 9.21 Å². The Bertz CT molecular complexity index is 925. The fourth-order valence-electron chi connectivity index (χ4n) is 2.90. The molecule has 6 nitrogen and oxygen atoms in total. The molecular weight excluding hydrogens is 388 g/mol. The summed E-state index contributed by atoms with van der Waals surface area (Å²) in [6.45, 7) is 2.99. The summed E-state index contributed by atoms with van der Waals surface area (Å²) in [4.78, 5) is 14.2. The molecule has 1 saturated heterocycles. The lowest BCUT2D eigenvalue weighted by Crippen LogP contribution is -2.51. The maximum absolute atomic E-state index is 12.7. The molecule has 1 fully saturated rings. The van der Waals surface area contributed by atoms with E-state index in [1.807, 2.05) is 31.2 Å². The van der Waals surface area contributed by atoms with Crippen molar-refractivity contribution >= 4 is 27.5 Å². The zero-order valence-corrected chi connectivity index (χ0v) is 16.5. The van der Waals surface area contributed by atoms with Gasteiger partial charge in [0.05, 0.1) is 4.90 Å². The average molecular weight is 409 g/mol. The topological polar surface area (TPSA) is 66.9 Å². The number of rotatable bonds is 5. The number of para-hydroxylation sites is 1. The van der Waals surface area contributed by atoms with Crippen LogP contribution >= 0.6 is 11.6 Å². The number of piperazine rings is 1. The Morgan fingerprint density at radius 2 is 1.78 bits per heavy atom. The summed E-state index contributed by atoms with van der Waals surface area (Å²) < 4.78 is 32.4. The van der Waals surface area contributed by atoms with E-state index < -0.39 is 10.0 Å². The summed E-state index contributed by atoms with van der Waals surface area (Å²) in [5, 5.41) is 0.373. The Balaban J connectivity index is 1.57. The Morgan fingerprint density at radius 3 is 2.44 bits per heavy atom. The van der Waals surface area contributed by atoms with Crippen molar-refractivity contribution in [2.45, 2.75) is 11.8 Å². The molecule has 0 aliphatic carbocycles. The van der Waals surface area contributed by atoms with Gasteiger partial charge in [-0.2, -0.15) is 4.31 Å². The lowest BCUT2D eigenvalue weighted by atomic mass is 10.2. The lowest BCUT2D eigenvalue weighted by Gasteiger charge is -2.34. The fraction of sp³-hybridized carbons (Fsp3) is 0.316. The van der Waals surface area contributed by atoms with Gasteiger partial charge in [0.15, 0.2) is 6.61 Å². The predicted octanol–water partition coefficient (Wildman–Crippen LogP) is 2.56. The minimum atomic E-state index is -3.61. The molecule has 27 heavy (non-hydrogen) atoms. The number of aryl methyl sites for hydroxylation is 1. The van der Waals surface area contributed by atoms with Gasteiger partial charge in [-0.3, -0.25) is 4.79 Å². The Labute approximate surface area is 164 Å². The van der Waals surface area contributed by atoms with Gasteiger partial charge < -0.3 is 9.64 Å². The number of nitrogens with zero attached hydrogens (tertiary/aromatic N) is 2. The van der Waals surface area contributed by atoms with E-state index in [1.54, 1.807) is 17.0 Å². The molecule has 3 rings (SSSR count). The monoisotopic (exact) mass is 408 g/mol. The SMILES string of the molecule is Cc1ccccc1OCC(=O)N1CCN(S(=O)(=O)c2cccc(Cl)c2)CC1. The molecule has 0 radical (unpaired) electrons. The van der Waals surface area contributed by atoms with Crippen molar-refractivity contribution in [3.8, 4) is 5.75 Å². The van der Waals surface area contributed by atoms with Crippen LogP contribution in [-0.4, -0.2) is 56.3 Å². The molecule has 1 amide bonds. The number of sulfonamides is 1. The lowest BCUT2D eigenvalue weighted by molar-refractivity contribution is -0.134. The second-order valence-corrected chi connectivity index (χ2v) is 8.67. The number of ether oxygens (including phenoxy) is 1. The highest BCUT2D eigenvalue weighted by molar-refractivity contribution is 7.89. The van der Waals surface area contributed by atoms with Gasteiger partial charge in [-0.25, -0.2) is 8.42 Å². The molecule has 2 aromatic rings. The number of amides is 1. The number of hydrogen-bond donors (Lipinski definition) is 0. The van der Waals surface area contributed by atoms with E-state index in [2.05, 4.69) is 0 Å². The largest absolute Gasteiger partial charge is 0.484 e. The maximum atomic E-state index is 12.7. The van der Waals surface area contributed by atoms with Gasteiger partial charge in [0.2, 0.25) is 10.0 Å². The molecule has 0 spiro atoms. The molecule has 0 atom stereocenters. The molecule has 0 aromatic heterocycles. The summed E-state index contributed by atoms with van der Waals surface area (Å²) in [7, 11) is -3.61. The zero-order chi connectivity index (χ0) is 19.4. The standard InChI is InChI=1S/C19H21ClN2O4S/c1-15-5-2-3-8-18(15)26-14-19(23)21-9-11-22(12-10-21)27(24,25)17-7-4-6-16(20)13-17/h2-8,13H,9-12,14H2,1H3. The normalized spacial score (nSPS) is 15.6. The minimum Gasteiger partial charge on any atom is -0.484 e. The van der Waals surface area contributed by atoms with Gasteiger partial charge in [0, 0.05) is 31.2 Å². The van der Waals surface area contributed by atoms with Gasteiger partial charge in [-0.1, -0.05) is 35.9 Å². The average Bonchev–Trinajstić information content (AvgIpc) is 2.67. The molecule has 2 aromatic carbocycles. The highest BCUT2D eigenvalue weighted by Crippen LogP contribution is 2.21. The first kappa shape index (κ1) is 19.7. The van der Waals surface area contributed by atoms with Crippen LogP contribution in [0.15, 0.2) is 53.4 Å². The van der Waals surface area contributed by atoms with Crippen molar-refractivity contribution in [2.75, 3.05) is 32.8 Å². The van der Waals surface area contributed by atoms with E-state index >= 15 is 0 Å². The quantitative estimate of drug-likeness (QED) is 0.762. The minimum absolute atomic E-state index is 0.0636. The van der Waals surface area contributed by atoms with Crippen LogP contribution in [0.3, 0.4) is 0 Å². The third-order valence-electron chi connectivity index (χ3n) is 4.47. The molecule has 0 bridgehead atoms. The molecule has 0 N–H and O–H groups in total. The van der Waals surface area contributed by atoms with E-state index in [-0.39, 0.29) is 30.5 Å². The first-order valence-electron chi connectivity index (χ1n) is 8.60. The number of halogens is 1. The van der Waals surface area contributed by atoms with Gasteiger partial charge in [-0.15, -0.1) is 0 Å². The van der Waals surface area contributed by atoms with E-state index in [0.717, 1.165) is 5.56 Å². The molecule has 1 aliphatic rings. The second-order valence-electron chi connectivity index (χ2n) is 6.30. The Morgan fingerprint density at radius 1 is 1.07 bits per heavy atom. The highest BCUT2D eigenvalue weighted by Gasteiger charge is 2.30. The van der Waals surface area contributed by atoms with Crippen LogP contribution in [0, 0.1) is 6.92 Å². The molecule has 0 unspecified atom stereocenters. The third kappa shape index (κ3) is 4.61. The predicted molar refractivity (Wildman–Crippen MR) is 103 cm³/mol. The van der Waals surface area contributed by atoms with Gasteiger partial charge in [0.1, 0.15) is 5.75 Å². The van der Waals surface area contributed by atoms with Crippen LogP contribution in [0.2, 0.25) is 5.02 Å². The number of benzene rings is 2. The zero-order valence-electron chi connectivity index (χ0n) is 15.0. The van der Waals surface area contributed by atoms with Crippen molar-refractivity contribution in [1.29, 1.82) is 0 Å². The van der Waals surface area contributed by atoms with Crippen LogP contribution < -0.4 is 4.74 Å². The van der Waals surface area contributed by atoms with Crippen molar-refractivity contribution in [2.24, 2.45) is 0 Å². The maximum Gasteiger partial charge on any atom is 0.260 e. The molecule has 1 heterocycles. The van der Waals surface area contributed by atoms with E-state index in [9.17, 15) is 13.2 Å². The van der Waals surface area contributed by atoms with Crippen molar-refractivity contribution < 1.29 is 17.9 Å². The first-order valence-corrected chi connectivity index (χ1v) is 10.4. The number of hydrogen-bond acceptors (Lipinski definition) is 4. The van der Waals surface area contributed by atoms with Crippen molar-refractivity contribution in [3.63, 3.8) is 0 Å². The summed E-state index contributed by atoms with van der Waals surface area (Å²) in [5.41, 5.74) is 0.961. The molecule has 0 saturated carbocycles. The third-order valence-corrected chi connectivity index (χ3v) is 6.60. The first-order chi connectivity index (χ1) is 12.9. The molecule has 144 valence electrons. The van der Waals surface area contributed by atoms with Gasteiger partial charge >= 0.3 is 0 Å². The van der Waals surface area contributed by atoms with Crippen LogP contribution in [-0.2, 0) is 14.8 Å². The summed E-state index contributed by atoms with van der Waals surface area (Å²) in [6.07, 6.45) is 0. The second kappa shape index (κ2) is 8.29. The van der Waals surface area contributed by atoms with Crippen LogP contribution in [0.4, 0.5) is 0 Å². The number of carbonyl (C=O) groups excluding carboxylic acids is 1. The van der Waals surface area contributed by atoms with E-state index in [0.29, 0.717) is 23.9 Å². The van der Waals surface area contributed by atoms with Crippen LogP contribution in [0.1, 0.15) is 5.56 Å². The fourth-order valence-corrected chi connectivity index (χ4v) is 4.63. The van der Waals surface area contributed by atoms with Gasteiger partial charge in [-0.05, 0) is 36.8 Å². The highest BCUT2D eigenvalue weighted by atomic mass is 35.5. The van der Waals surface area contributed by atoms with Gasteiger partial charge in [0.25, 0.3) is 5.91 Å². The summed E-state index contributed by atoms with van der Waals surface area (Å²) in [5.74, 6) is 0.520. The molecule has 1 aliphatic heterocycles. The Hall–Kier alpha value is -2.09. The molecule has 8 heteroatoms. The van der Waals surface area contributed by atoms with Crippen LogP contribution in [0.25, 0.3) is 0 Å². The summed E-state index contributed by atoms with van der Waals surface area (Å²) >= 11 is 5.90. The van der Waals surface area contributed by atoms with Crippen LogP contribution in [0.5, 0.6) is 5.75 Å².